The predicted molar refractivity (Wildman–Crippen MR) is 124 cm³/mol. The van der Waals surface area contributed by atoms with Crippen LogP contribution in [0.2, 0.25) is 5.02 Å². The van der Waals surface area contributed by atoms with Crippen molar-refractivity contribution in [2.24, 2.45) is 4.99 Å². The number of aryl methyl sites for hydroxylation is 2. The maximum absolute atomic E-state index is 12.9. The van der Waals surface area contributed by atoms with E-state index in [1.807, 2.05) is 0 Å². The molecule has 168 valence electrons. The molecule has 2 heterocycles. The van der Waals surface area contributed by atoms with Crippen LogP contribution in [0.3, 0.4) is 0 Å². The van der Waals surface area contributed by atoms with Gasteiger partial charge in [-0.15, -0.1) is 0 Å². The molecule has 0 spiro atoms. The van der Waals surface area contributed by atoms with Crippen molar-refractivity contribution in [2.45, 2.75) is 18.7 Å². The lowest BCUT2D eigenvalue weighted by atomic mass is 10.2. The minimum Gasteiger partial charge on any atom is -0.379 e. The molecule has 0 bridgehead atoms. The lowest BCUT2D eigenvalue weighted by Crippen LogP contribution is -2.40. The summed E-state index contributed by atoms with van der Waals surface area (Å²) in [6, 6.07) is 11.7. The molecule has 8 nitrogen and oxygen atoms in total. The number of aliphatic imine (C=N–C) groups is 1. The number of morpholine rings is 1. The zero-order valence-electron chi connectivity index (χ0n) is 17.7. The number of hydrogen-bond acceptors (Lipinski definition) is 5. The molecule has 1 aliphatic rings. The lowest BCUT2D eigenvalue weighted by Gasteiger charge is -2.26. The number of aromatic nitrogens is 2. The molecule has 0 saturated carbocycles. The van der Waals surface area contributed by atoms with Gasteiger partial charge in [-0.25, -0.2) is 13.1 Å². The monoisotopic (exact) mass is 474 g/mol. The van der Waals surface area contributed by atoms with E-state index in [1.165, 1.54) is 15.2 Å². The molecule has 0 amide bonds. The summed E-state index contributed by atoms with van der Waals surface area (Å²) in [4.78, 5) is 17.5. The molecule has 10 heteroatoms. The lowest BCUT2D eigenvalue weighted by molar-refractivity contribution is 0.0730. The Kier molecular flexibility index (Phi) is 6.34. The molecular weight excluding hydrogens is 452 g/mol. The Bertz CT molecular complexity index is 1320. The minimum absolute atomic E-state index is 0.221. The Morgan fingerprint density at radius 2 is 1.78 bits per heavy atom. The number of ether oxygens (including phenoxy) is 1. The summed E-state index contributed by atoms with van der Waals surface area (Å²) in [5, 5.41) is 3.62. The highest BCUT2D eigenvalue weighted by atomic mass is 35.5. The number of sulfonamides is 1. The molecular formula is C22H23ClN4O4S. The van der Waals surface area contributed by atoms with E-state index in [-0.39, 0.29) is 10.5 Å². The number of H-pyrrole nitrogens is 1. The normalized spacial score (nSPS) is 15.5. The van der Waals surface area contributed by atoms with E-state index in [4.69, 9.17) is 16.3 Å². The molecule has 0 radical (unpaired) electrons. The first-order valence-electron chi connectivity index (χ1n) is 10.1. The van der Waals surface area contributed by atoms with Gasteiger partial charge in [0.15, 0.2) is 0 Å². The van der Waals surface area contributed by atoms with Crippen LogP contribution in [-0.4, -0.2) is 55.0 Å². The first-order chi connectivity index (χ1) is 15.3. The fourth-order valence-electron chi connectivity index (χ4n) is 3.49. The van der Waals surface area contributed by atoms with Gasteiger partial charge in [0.05, 0.1) is 35.0 Å². The average Bonchev–Trinajstić information content (AvgIpc) is 3.07. The van der Waals surface area contributed by atoms with Crippen molar-refractivity contribution >= 4 is 33.5 Å². The summed E-state index contributed by atoms with van der Waals surface area (Å²) in [6.45, 7) is 5.05. The van der Waals surface area contributed by atoms with Crippen molar-refractivity contribution in [1.82, 2.24) is 14.1 Å². The van der Waals surface area contributed by atoms with Gasteiger partial charge in [0.25, 0.3) is 5.56 Å². The molecule has 1 saturated heterocycles. The third kappa shape index (κ3) is 4.42. The Morgan fingerprint density at radius 1 is 1.09 bits per heavy atom. The number of rotatable bonds is 5. The number of benzene rings is 2. The van der Waals surface area contributed by atoms with Crippen LogP contribution in [0.25, 0.3) is 5.69 Å². The standard InChI is InChI=1S/C22H23ClN4O4S/c1-15-13-19(32(29,30)26-9-11-31-12-10-26)7-8-21(15)24-14-20-16(2)25-27(22(20)28)18-5-3-17(23)4-6-18/h3-8,13-14,25H,9-12H2,1-2H3. The highest BCUT2D eigenvalue weighted by Crippen LogP contribution is 2.25. The highest BCUT2D eigenvalue weighted by molar-refractivity contribution is 7.89. The molecule has 0 aliphatic carbocycles. The Morgan fingerprint density at radius 3 is 2.44 bits per heavy atom. The van der Waals surface area contributed by atoms with E-state index < -0.39 is 10.0 Å². The van der Waals surface area contributed by atoms with Crippen molar-refractivity contribution in [3.63, 3.8) is 0 Å². The zero-order valence-corrected chi connectivity index (χ0v) is 19.3. The average molecular weight is 475 g/mol. The molecule has 32 heavy (non-hydrogen) atoms. The molecule has 1 N–H and O–H groups in total. The summed E-state index contributed by atoms with van der Waals surface area (Å²) < 4.78 is 33.8. The molecule has 3 aromatic rings. The van der Waals surface area contributed by atoms with Gasteiger partial charge in [-0.05, 0) is 61.9 Å². The predicted octanol–water partition coefficient (Wildman–Crippen LogP) is 3.21. The SMILES string of the molecule is Cc1cc(S(=O)(=O)N2CCOCC2)ccc1N=Cc1c(C)[nH]n(-c2ccc(Cl)cc2)c1=O. The quantitative estimate of drug-likeness (QED) is 0.574. The number of nitrogens with zero attached hydrogens (tertiary/aromatic N) is 3. The van der Waals surface area contributed by atoms with E-state index in [9.17, 15) is 13.2 Å². The third-order valence-corrected chi connectivity index (χ3v) is 7.46. The summed E-state index contributed by atoms with van der Waals surface area (Å²) in [6.07, 6.45) is 1.50. The van der Waals surface area contributed by atoms with E-state index in [0.717, 1.165) is 0 Å². The van der Waals surface area contributed by atoms with Crippen LogP contribution in [0, 0.1) is 13.8 Å². The Balaban J connectivity index is 1.60. The summed E-state index contributed by atoms with van der Waals surface area (Å²) >= 11 is 5.93. The van der Waals surface area contributed by atoms with E-state index >= 15 is 0 Å². The van der Waals surface area contributed by atoms with Crippen LogP contribution >= 0.6 is 11.6 Å². The van der Waals surface area contributed by atoms with Gasteiger partial charge < -0.3 is 4.74 Å². The molecule has 1 aromatic heterocycles. The largest absolute Gasteiger partial charge is 0.379 e. The van der Waals surface area contributed by atoms with Crippen LogP contribution in [0.15, 0.2) is 57.1 Å². The van der Waals surface area contributed by atoms with Gasteiger partial charge in [0.1, 0.15) is 0 Å². The topological polar surface area (TPSA) is 96.8 Å². The van der Waals surface area contributed by atoms with Crippen molar-refractivity contribution in [2.75, 3.05) is 26.3 Å². The smallest absolute Gasteiger partial charge is 0.280 e. The fourth-order valence-corrected chi connectivity index (χ4v) is 5.11. The van der Waals surface area contributed by atoms with Crippen molar-refractivity contribution in [1.29, 1.82) is 0 Å². The van der Waals surface area contributed by atoms with E-state index in [2.05, 4.69) is 10.1 Å². The first-order valence-corrected chi connectivity index (χ1v) is 11.9. The first kappa shape index (κ1) is 22.5. The van der Waals surface area contributed by atoms with Crippen LogP contribution in [0.4, 0.5) is 5.69 Å². The van der Waals surface area contributed by atoms with Gasteiger partial charge in [-0.3, -0.25) is 14.9 Å². The van der Waals surface area contributed by atoms with Crippen LogP contribution < -0.4 is 5.56 Å². The molecule has 4 rings (SSSR count). The van der Waals surface area contributed by atoms with Gasteiger partial charge in [0, 0.05) is 30.0 Å². The number of hydrogen-bond donors (Lipinski definition) is 1. The number of halogens is 1. The maximum Gasteiger partial charge on any atom is 0.280 e. The van der Waals surface area contributed by atoms with Crippen LogP contribution in [0.5, 0.6) is 0 Å². The second-order valence-corrected chi connectivity index (χ2v) is 9.86. The van der Waals surface area contributed by atoms with Crippen LogP contribution in [0.1, 0.15) is 16.8 Å². The minimum atomic E-state index is -3.58. The van der Waals surface area contributed by atoms with Crippen molar-refractivity contribution < 1.29 is 13.2 Å². The molecule has 0 unspecified atom stereocenters. The Labute approximate surface area is 191 Å². The molecule has 1 aliphatic heterocycles. The number of aromatic amines is 1. The zero-order chi connectivity index (χ0) is 22.9. The van der Waals surface area contributed by atoms with Gasteiger partial charge in [-0.2, -0.15) is 4.31 Å². The second-order valence-electron chi connectivity index (χ2n) is 7.49. The molecule has 1 fully saturated rings. The van der Waals surface area contributed by atoms with Crippen LogP contribution in [-0.2, 0) is 14.8 Å². The fraction of sp³-hybridized carbons (Fsp3) is 0.273. The van der Waals surface area contributed by atoms with Crippen molar-refractivity contribution in [3.8, 4) is 5.69 Å². The van der Waals surface area contributed by atoms with E-state index in [0.29, 0.717) is 59.5 Å². The number of nitrogens with one attached hydrogen (secondary N) is 1. The third-order valence-electron chi connectivity index (χ3n) is 5.31. The highest BCUT2D eigenvalue weighted by Gasteiger charge is 2.26. The maximum atomic E-state index is 12.9. The summed E-state index contributed by atoms with van der Waals surface area (Å²) in [5.41, 5.74) is 2.79. The Hall–Kier alpha value is -2.72. The molecule has 0 atom stereocenters. The van der Waals surface area contributed by atoms with E-state index in [1.54, 1.807) is 56.3 Å². The van der Waals surface area contributed by atoms with Crippen molar-refractivity contribution in [3.05, 3.63) is 74.7 Å². The van der Waals surface area contributed by atoms with Gasteiger partial charge in [-0.1, -0.05) is 11.6 Å². The van der Waals surface area contributed by atoms with Gasteiger partial charge >= 0.3 is 0 Å². The molecule has 2 aromatic carbocycles. The summed E-state index contributed by atoms with van der Waals surface area (Å²) in [7, 11) is -3.58. The van der Waals surface area contributed by atoms with Gasteiger partial charge in [0.2, 0.25) is 10.0 Å². The summed E-state index contributed by atoms with van der Waals surface area (Å²) in [5.74, 6) is 0. The second kappa shape index (κ2) is 9.03.